The maximum absolute atomic E-state index is 13.7. The number of aryl methyl sites for hydroxylation is 1. The molecule has 0 spiro atoms. The predicted molar refractivity (Wildman–Crippen MR) is 144 cm³/mol. The van der Waals surface area contributed by atoms with Gasteiger partial charge >= 0.3 is 0 Å². The summed E-state index contributed by atoms with van der Waals surface area (Å²) in [5.74, 6) is -0.154. The molecule has 2 aromatic heterocycles. The number of aromatic hydroxyl groups is 1. The molecule has 198 valence electrons. The maximum Gasteiger partial charge on any atom is 0.270 e. The van der Waals surface area contributed by atoms with E-state index in [2.05, 4.69) is 16.2 Å². The minimum Gasteiger partial charge on any atom is -0.507 e. The van der Waals surface area contributed by atoms with Gasteiger partial charge in [0, 0.05) is 37.7 Å². The van der Waals surface area contributed by atoms with Crippen molar-refractivity contribution in [3.8, 4) is 11.8 Å². The highest BCUT2D eigenvalue weighted by Crippen LogP contribution is 2.37. The van der Waals surface area contributed by atoms with Crippen LogP contribution in [0.1, 0.15) is 49.7 Å². The Morgan fingerprint density at radius 3 is 2.66 bits per heavy atom. The molecular weight excluding hydrogens is 509 g/mol. The molecule has 0 aliphatic heterocycles. The third-order valence-electron chi connectivity index (χ3n) is 7.68. The Morgan fingerprint density at radius 1 is 1.26 bits per heavy atom. The van der Waals surface area contributed by atoms with Crippen LogP contribution in [0.5, 0.6) is 5.75 Å². The third kappa shape index (κ3) is 5.05. The molecule has 0 radical (unpaired) electrons. The van der Waals surface area contributed by atoms with Gasteiger partial charge in [0.05, 0.1) is 16.9 Å². The summed E-state index contributed by atoms with van der Waals surface area (Å²) in [5, 5.41) is 25.1. The number of fused-ring (bicyclic) bond motifs is 1. The van der Waals surface area contributed by atoms with Crippen molar-refractivity contribution in [1.29, 1.82) is 5.26 Å². The summed E-state index contributed by atoms with van der Waals surface area (Å²) in [6, 6.07) is 9.42. The Hall–Kier alpha value is -3.64. The highest BCUT2D eigenvalue weighted by Gasteiger charge is 2.32. The molecular formula is C28H29ClFN5O3. The van der Waals surface area contributed by atoms with E-state index in [4.69, 9.17) is 16.4 Å². The number of pyridine rings is 2. The fourth-order valence-corrected chi connectivity index (χ4v) is 5.44. The van der Waals surface area contributed by atoms with E-state index in [-0.39, 0.29) is 34.0 Å². The zero-order valence-corrected chi connectivity index (χ0v) is 22.1. The molecule has 0 amide bonds. The summed E-state index contributed by atoms with van der Waals surface area (Å²) < 4.78 is 15.1. The van der Waals surface area contributed by atoms with E-state index < -0.39 is 5.82 Å². The topological polar surface area (TPSA) is 104 Å². The molecule has 0 unspecified atom stereocenters. The lowest BCUT2D eigenvalue weighted by atomic mass is 9.80. The highest BCUT2D eigenvalue weighted by atomic mass is 35.5. The molecule has 38 heavy (non-hydrogen) atoms. The van der Waals surface area contributed by atoms with Gasteiger partial charge < -0.3 is 19.4 Å². The fourth-order valence-electron chi connectivity index (χ4n) is 5.29. The van der Waals surface area contributed by atoms with E-state index in [1.54, 1.807) is 25.2 Å². The quantitative estimate of drug-likeness (QED) is 0.254. The van der Waals surface area contributed by atoms with Gasteiger partial charge in [-0.2, -0.15) is 5.26 Å². The summed E-state index contributed by atoms with van der Waals surface area (Å²) in [6.45, 7) is 0.534. The van der Waals surface area contributed by atoms with Gasteiger partial charge in [-0.15, -0.1) is 0 Å². The minimum atomic E-state index is -0.516. The molecule has 5 rings (SSSR count). The molecule has 10 heteroatoms. The lowest BCUT2D eigenvalue weighted by Crippen LogP contribution is -2.38. The van der Waals surface area contributed by atoms with Crippen LogP contribution in [0.3, 0.4) is 0 Å². The van der Waals surface area contributed by atoms with E-state index in [9.17, 15) is 19.6 Å². The SMILES string of the molecule is CN(c1c(C#N)c(=O)n(C)c2ccc(Cl)nc12)C1CCC(/C(=N\OCC2CC2)c2ccc(F)cc2O)CC1. The predicted octanol–water partition coefficient (Wildman–Crippen LogP) is 5.13. The molecule has 3 aromatic rings. The van der Waals surface area contributed by atoms with Crippen molar-refractivity contribution in [1.82, 2.24) is 9.55 Å². The smallest absolute Gasteiger partial charge is 0.270 e. The van der Waals surface area contributed by atoms with Crippen LogP contribution in [0.4, 0.5) is 10.1 Å². The Bertz CT molecular complexity index is 1500. The van der Waals surface area contributed by atoms with Crippen molar-refractivity contribution in [3.63, 3.8) is 0 Å². The molecule has 8 nitrogen and oxygen atoms in total. The van der Waals surface area contributed by atoms with Gasteiger partial charge in [-0.3, -0.25) is 4.79 Å². The van der Waals surface area contributed by atoms with E-state index >= 15 is 0 Å². The van der Waals surface area contributed by atoms with Crippen LogP contribution in [0.2, 0.25) is 5.15 Å². The number of hydrogen-bond donors (Lipinski definition) is 1. The van der Waals surface area contributed by atoms with Gasteiger partial charge in [-0.05, 0) is 68.7 Å². The van der Waals surface area contributed by atoms with Crippen LogP contribution in [0, 0.1) is 29.0 Å². The number of halogens is 2. The van der Waals surface area contributed by atoms with Crippen LogP contribution in [0.25, 0.3) is 11.0 Å². The number of phenolic OH excluding ortho intramolecular Hbond substituents is 1. The number of nitriles is 1. The molecule has 0 bridgehead atoms. The monoisotopic (exact) mass is 537 g/mol. The Labute approximate surface area is 224 Å². The Kier molecular flexibility index (Phi) is 7.26. The van der Waals surface area contributed by atoms with Gasteiger partial charge in [0.15, 0.2) is 0 Å². The first-order valence-electron chi connectivity index (χ1n) is 12.8. The number of oxime groups is 1. The summed E-state index contributed by atoms with van der Waals surface area (Å²) in [7, 11) is 3.50. The summed E-state index contributed by atoms with van der Waals surface area (Å²) >= 11 is 6.20. The Balaban J connectivity index is 1.42. The van der Waals surface area contributed by atoms with Crippen molar-refractivity contribution < 1.29 is 14.3 Å². The zero-order chi connectivity index (χ0) is 27.0. The van der Waals surface area contributed by atoms with E-state index in [1.165, 1.54) is 10.6 Å². The van der Waals surface area contributed by atoms with Crippen molar-refractivity contribution in [2.45, 2.75) is 44.6 Å². The molecule has 0 saturated heterocycles. The van der Waals surface area contributed by atoms with Crippen LogP contribution in [-0.2, 0) is 11.9 Å². The van der Waals surface area contributed by atoms with Gasteiger partial charge in [0.2, 0.25) is 0 Å². The van der Waals surface area contributed by atoms with Gasteiger partial charge in [-0.1, -0.05) is 16.8 Å². The highest BCUT2D eigenvalue weighted by molar-refractivity contribution is 6.29. The lowest BCUT2D eigenvalue weighted by molar-refractivity contribution is 0.131. The number of rotatable bonds is 7. The number of hydrogen-bond acceptors (Lipinski definition) is 7. The maximum atomic E-state index is 13.7. The minimum absolute atomic E-state index is 0.00129. The van der Waals surface area contributed by atoms with E-state index in [1.807, 2.05) is 11.9 Å². The van der Waals surface area contributed by atoms with Crippen molar-refractivity contribution in [2.24, 2.45) is 24.0 Å². The zero-order valence-electron chi connectivity index (χ0n) is 21.3. The second-order valence-corrected chi connectivity index (χ2v) is 10.6. The molecule has 2 saturated carbocycles. The molecule has 2 fully saturated rings. The Morgan fingerprint density at radius 2 is 2.00 bits per heavy atom. The molecule has 2 heterocycles. The number of nitrogens with zero attached hydrogens (tertiary/aromatic N) is 5. The molecule has 2 aliphatic carbocycles. The average Bonchev–Trinajstić information content (AvgIpc) is 3.73. The van der Waals surface area contributed by atoms with Gasteiger partial charge in [-0.25, -0.2) is 9.37 Å². The number of benzene rings is 1. The van der Waals surface area contributed by atoms with Crippen LogP contribution in [-0.4, -0.2) is 40.1 Å². The van der Waals surface area contributed by atoms with Crippen molar-refractivity contribution in [2.75, 3.05) is 18.6 Å². The third-order valence-corrected chi connectivity index (χ3v) is 7.89. The first kappa shape index (κ1) is 26.0. The van der Waals surface area contributed by atoms with E-state index in [0.29, 0.717) is 40.5 Å². The van der Waals surface area contributed by atoms with Crippen molar-refractivity contribution in [3.05, 3.63) is 62.8 Å². The second kappa shape index (κ2) is 10.6. The second-order valence-electron chi connectivity index (χ2n) is 10.2. The van der Waals surface area contributed by atoms with Gasteiger partial charge in [0.25, 0.3) is 5.56 Å². The number of aromatic nitrogens is 2. The largest absolute Gasteiger partial charge is 0.507 e. The summed E-state index contributed by atoms with van der Waals surface area (Å²) in [4.78, 5) is 25.1. The van der Waals surface area contributed by atoms with Gasteiger partial charge in [0.1, 0.15) is 40.5 Å². The van der Waals surface area contributed by atoms with Crippen molar-refractivity contribution >= 4 is 34.0 Å². The van der Waals surface area contributed by atoms with Crippen LogP contribution >= 0.6 is 11.6 Å². The average molecular weight is 538 g/mol. The normalized spacial score (nSPS) is 19.8. The summed E-state index contributed by atoms with van der Waals surface area (Å²) in [6.07, 6.45) is 5.21. The van der Waals surface area contributed by atoms with E-state index in [0.717, 1.165) is 44.6 Å². The molecule has 1 aromatic carbocycles. The first-order chi connectivity index (χ1) is 18.3. The number of anilines is 1. The summed E-state index contributed by atoms with van der Waals surface area (Å²) in [5.41, 5.74) is 2.33. The van der Waals surface area contributed by atoms with Crippen LogP contribution < -0.4 is 10.5 Å². The number of phenols is 1. The van der Waals surface area contributed by atoms with Crippen LogP contribution in [0.15, 0.2) is 40.3 Å². The lowest BCUT2D eigenvalue weighted by Gasteiger charge is -2.37. The fraction of sp³-hybridized carbons (Fsp3) is 0.429. The standard InChI is InChI=1S/C28H29ClFN5O3/c1-34(27-21(14-31)28(37)35(2)22-11-12-24(29)32-26(22)27)19-8-5-17(6-9-19)25(33-38-15-16-3-4-16)20-10-7-18(30)13-23(20)36/h7,10-13,16-17,19,36H,3-6,8-9,15H2,1-2H3/b33-25+. The molecule has 0 atom stereocenters. The molecule has 2 aliphatic rings. The first-order valence-corrected chi connectivity index (χ1v) is 13.2. The molecule has 1 N–H and O–H groups in total.